The summed E-state index contributed by atoms with van der Waals surface area (Å²) in [5, 5.41) is 32.8. The van der Waals surface area contributed by atoms with Gasteiger partial charge in [0.15, 0.2) is 0 Å². The van der Waals surface area contributed by atoms with Gasteiger partial charge in [-0.25, -0.2) is 0 Å². The van der Waals surface area contributed by atoms with Gasteiger partial charge in [0.2, 0.25) is 5.91 Å². The van der Waals surface area contributed by atoms with Crippen LogP contribution in [0, 0.1) is 46.3 Å². The fourth-order valence-corrected chi connectivity index (χ4v) is 9.00. The van der Waals surface area contributed by atoms with Crippen LogP contribution in [-0.2, 0) is 9.59 Å². The maximum atomic E-state index is 12.0. The molecule has 4 saturated carbocycles. The van der Waals surface area contributed by atoms with Gasteiger partial charge in [-0.05, 0) is 104 Å². The number of carbonyl (C=O) groups is 2. The molecule has 4 aliphatic rings. The first-order chi connectivity index (χ1) is 15.1. The zero-order valence-corrected chi connectivity index (χ0v) is 25.3. The van der Waals surface area contributed by atoms with Crippen LogP contribution in [0.4, 0.5) is 0 Å². The SMILES string of the molecule is CC(CCC(=O)NCC(=O)O)[C@H]1CCC2C3C(O)CC4C[C@H](O)CC[C@]4(C)C3CC[C@@]21C.[Cl-].[K+]. The fourth-order valence-electron chi connectivity index (χ4n) is 9.00. The summed E-state index contributed by atoms with van der Waals surface area (Å²) in [6.07, 6.45) is 9.06. The number of hydrogen-bond acceptors (Lipinski definition) is 4. The Hall–Kier alpha value is 0.786. The normalized spacial score (nSPS) is 43.7. The van der Waals surface area contributed by atoms with Gasteiger partial charge < -0.3 is 33.0 Å². The molecule has 0 spiro atoms. The van der Waals surface area contributed by atoms with E-state index in [1.165, 1.54) is 12.8 Å². The monoisotopic (exact) mass is 523 g/mol. The number of aliphatic hydroxyl groups is 2. The Balaban J connectivity index is 0.00000204. The molecule has 6 unspecified atom stereocenters. The van der Waals surface area contributed by atoms with Crippen molar-refractivity contribution in [3.63, 3.8) is 0 Å². The Labute approximate surface area is 253 Å². The topological polar surface area (TPSA) is 107 Å². The summed E-state index contributed by atoms with van der Waals surface area (Å²) >= 11 is 0. The van der Waals surface area contributed by atoms with Gasteiger partial charge in [-0.1, -0.05) is 20.8 Å². The molecule has 4 fully saturated rings. The number of carboxylic acid groups (broad SMARTS) is 1. The molecule has 0 radical (unpaired) electrons. The van der Waals surface area contributed by atoms with E-state index in [1.807, 2.05) is 0 Å². The van der Waals surface area contributed by atoms with Crippen molar-refractivity contribution < 1.29 is 88.7 Å². The number of rotatable bonds is 6. The molecule has 4 N–H and O–H groups in total. The summed E-state index contributed by atoms with van der Waals surface area (Å²) < 4.78 is 0. The summed E-state index contributed by atoms with van der Waals surface area (Å²) in [7, 11) is 0. The van der Waals surface area contributed by atoms with Crippen molar-refractivity contribution in [3.05, 3.63) is 0 Å². The Bertz CT molecular complexity index is 740. The largest absolute Gasteiger partial charge is 1.00 e. The van der Waals surface area contributed by atoms with Gasteiger partial charge in [0.1, 0.15) is 6.54 Å². The number of aliphatic carboxylic acids is 1. The summed E-state index contributed by atoms with van der Waals surface area (Å²) in [6, 6.07) is 0. The standard InChI is InChI=1S/C26H43NO5.ClH.K/c1-15(4-7-22(30)27-14-23(31)32)18-5-6-19-24-20(9-11-26(18,19)3)25(2)10-8-17(28)12-16(25)13-21(24)29;;/h15-21,24,28-29H,4-14H2,1-3H3,(H,27,30)(H,31,32);1H;/q;;+1/p-1/t15?,16?,17-,18-,19?,20?,21?,24?,25+,26-;;/m1../s1. The van der Waals surface area contributed by atoms with Gasteiger partial charge in [0.25, 0.3) is 0 Å². The van der Waals surface area contributed by atoms with Crippen molar-refractivity contribution in [2.24, 2.45) is 46.3 Å². The molecule has 6 nitrogen and oxygen atoms in total. The van der Waals surface area contributed by atoms with Crippen molar-refractivity contribution in [1.82, 2.24) is 5.32 Å². The second-order valence-corrected chi connectivity index (χ2v) is 12.1. The van der Waals surface area contributed by atoms with Crippen molar-refractivity contribution in [2.45, 2.75) is 97.2 Å². The Morgan fingerprint density at radius 3 is 2.32 bits per heavy atom. The molecular formula is C26H43ClKNO5. The number of aliphatic hydroxyl groups excluding tert-OH is 2. The van der Waals surface area contributed by atoms with Crippen molar-refractivity contribution in [3.8, 4) is 0 Å². The summed E-state index contributed by atoms with van der Waals surface area (Å²) in [6.45, 7) is 6.83. The van der Waals surface area contributed by atoms with Gasteiger partial charge in [0.05, 0.1) is 12.2 Å². The average Bonchev–Trinajstić information content (AvgIpc) is 3.09. The quantitative estimate of drug-likeness (QED) is 0.290. The van der Waals surface area contributed by atoms with Gasteiger partial charge in [-0.3, -0.25) is 9.59 Å². The van der Waals surface area contributed by atoms with Crippen LogP contribution < -0.4 is 69.1 Å². The van der Waals surface area contributed by atoms with Gasteiger partial charge >= 0.3 is 57.4 Å². The number of halogens is 1. The van der Waals surface area contributed by atoms with Crippen LogP contribution in [0.15, 0.2) is 0 Å². The number of nitrogens with one attached hydrogen (secondary N) is 1. The van der Waals surface area contributed by atoms with Crippen molar-refractivity contribution >= 4 is 11.9 Å². The first kappa shape index (κ1) is 31.0. The minimum absolute atomic E-state index is 0. The molecule has 0 heterocycles. The Morgan fingerprint density at radius 2 is 1.65 bits per heavy atom. The van der Waals surface area contributed by atoms with Crippen LogP contribution in [0.5, 0.6) is 0 Å². The van der Waals surface area contributed by atoms with Crippen LogP contribution in [0.1, 0.15) is 85.0 Å². The molecule has 0 aromatic heterocycles. The zero-order chi connectivity index (χ0) is 23.3. The molecule has 0 bridgehead atoms. The smallest absolute Gasteiger partial charge is 1.00 e. The van der Waals surface area contributed by atoms with E-state index in [0.29, 0.717) is 41.9 Å². The molecule has 1 amide bonds. The van der Waals surface area contributed by atoms with Crippen LogP contribution in [-0.4, -0.2) is 45.9 Å². The van der Waals surface area contributed by atoms with Crippen LogP contribution >= 0.6 is 0 Å². The van der Waals surface area contributed by atoms with Crippen LogP contribution in [0.2, 0.25) is 0 Å². The predicted octanol–water partition coefficient (Wildman–Crippen LogP) is -2.40. The van der Waals surface area contributed by atoms with Gasteiger partial charge in [0, 0.05) is 6.42 Å². The molecule has 0 aromatic carbocycles. The first-order valence-electron chi connectivity index (χ1n) is 12.9. The van der Waals surface area contributed by atoms with E-state index in [-0.39, 0.29) is 99.3 Å². The maximum Gasteiger partial charge on any atom is 1.00 e. The molecule has 0 saturated heterocycles. The van der Waals surface area contributed by atoms with Gasteiger partial charge in [-0.15, -0.1) is 0 Å². The molecule has 0 aliphatic heterocycles. The molecule has 4 aliphatic carbocycles. The molecule has 34 heavy (non-hydrogen) atoms. The molecule has 8 heteroatoms. The van der Waals surface area contributed by atoms with Crippen LogP contribution in [0.25, 0.3) is 0 Å². The number of fused-ring (bicyclic) bond motifs is 5. The van der Waals surface area contributed by atoms with E-state index in [0.717, 1.165) is 44.9 Å². The van der Waals surface area contributed by atoms with E-state index < -0.39 is 5.97 Å². The van der Waals surface area contributed by atoms with E-state index >= 15 is 0 Å². The third-order valence-electron chi connectivity index (χ3n) is 10.7. The number of carbonyl (C=O) groups excluding carboxylic acids is 1. The van der Waals surface area contributed by atoms with Gasteiger partial charge in [-0.2, -0.15) is 0 Å². The number of amides is 1. The van der Waals surface area contributed by atoms with E-state index in [9.17, 15) is 19.8 Å². The molecular weight excluding hydrogens is 481 g/mol. The molecule has 4 rings (SSSR count). The summed E-state index contributed by atoms with van der Waals surface area (Å²) in [4.78, 5) is 22.7. The summed E-state index contributed by atoms with van der Waals surface area (Å²) in [5.74, 6) is 1.66. The third-order valence-corrected chi connectivity index (χ3v) is 10.7. The molecule has 190 valence electrons. The fraction of sp³-hybridized carbons (Fsp3) is 0.923. The maximum absolute atomic E-state index is 12.0. The first-order valence-corrected chi connectivity index (χ1v) is 12.9. The molecule has 0 aromatic rings. The van der Waals surface area contributed by atoms with Crippen LogP contribution in [0.3, 0.4) is 0 Å². The second-order valence-electron chi connectivity index (χ2n) is 12.1. The van der Waals surface area contributed by atoms with Crippen molar-refractivity contribution in [2.75, 3.05) is 6.54 Å². The number of hydrogen-bond donors (Lipinski definition) is 4. The van der Waals surface area contributed by atoms with Crippen molar-refractivity contribution in [1.29, 1.82) is 0 Å². The minimum atomic E-state index is -1.01. The zero-order valence-electron chi connectivity index (χ0n) is 21.4. The Kier molecular flexibility index (Phi) is 11.0. The predicted molar refractivity (Wildman–Crippen MR) is 122 cm³/mol. The second kappa shape index (κ2) is 12.1. The number of carboxylic acids is 1. The Morgan fingerprint density at radius 1 is 1.00 bits per heavy atom. The third kappa shape index (κ3) is 5.77. The van der Waals surface area contributed by atoms with E-state index in [1.54, 1.807) is 0 Å². The van der Waals surface area contributed by atoms with E-state index in [4.69, 9.17) is 5.11 Å². The average molecular weight is 524 g/mol. The summed E-state index contributed by atoms with van der Waals surface area (Å²) in [5.41, 5.74) is 0.451. The minimum Gasteiger partial charge on any atom is -1.00 e. The molecule has 10 atom stereocenters. The van der Waals surface area contributed by atoms with E-state index in [2.05, 4.69) is 26.1 Å².